The summed E-state index contributed by atoms with van der Waals surface area (Å²) in [6, 6.07) is 20.6. The van der Waals surface area contributed by atoms with Crippen LogP contribution in [0.15, 0.2) is 78.4 Å². The number of halogens is 1. The molecule has 4 rings (SSSR count). The highest BCUT2D eigenvalue weighted by molar-refractivity contribution is 14.1. The molecule has 3 aromatic carbocycles. The molecule has 170 valence electrons. The molecule has 3 aromatic rings. The summed E-state index contributed by atoms with van der Waals surface area (Å²) in [6.07, 6.45) is 1.52. The fourth-order valence-corrected chi connectivity index (χ4v) is 4.24. The van der Waals surface area contributed by atoms with Crippen molar-refractivity contribution in [2.45, 2.75) is 6.61 Å². The van der Waals surface area contributed by atoms with Gasteiger partial charge in [0.1, 0.15) is 17.9 Å². The molecule has 7 nitrogen and oxygen atoms in total. The van der Waals surface area contributed by atoms with Gasteiger partial charge in [0.05, 0.1) is 14.8 Å². The van der Waals surface area contributed by atoms with Crippen LogP contribution < -0.4 is 15.0 Å². The smallest absolute Gasteiger partial charge is 0.335 e. The Morgan fingerprint density at radius 1 is 1.06 bits per heavy atom. The maximum atomic E-state index is 13.1. The minimum absolute atomic E-state index is 0.0274. The topological polar surface area (TPSA) is 95.9 Å². The van der Waals surface area contributed by atoms with Crippen molar-refractivity contribution in [1.82, 2.24) is 5.32 Å². The van der Waals surface area contributed by atoms with E-state index in [0.29, 0.717) is 17.0 Å². The number of anilines is 1. The van der Waals surface area contributed by atoms with E-state index >= 15 is 0 Å². The van der Waals surface area contributed by atoms with Crippen LogP contribution in [0.2, 0.25) is 0 Å². The maximum Gasteiger partial charge on any atom is 0.335 e. The van der Waals surface area contributed by atoms with E-state index in [1.54, 1.807) is 54.6 Å². The molecule has 1 saturated heterocycles. The third kappa shape index (κ3) is 5.15. The molecule has 1 heterocycles. The number of aromatic carboxylic acids is 1. The number of ether oxygens (including phenoxy) is 1. The van der Waals surface area contributed by atoms with Crippen LogP contribution in [0.1, 0.15) is 21.5 Å². The van der Waals surface area contributed by atoms with Crippen LogP contribution in [-0.2, 0) is 16.2 Å². The minimum atomic E-state index is -0.981. The zero-order valence-electron chi connectivity index (χ0n) is 17.5. The van der Waals surface area contributed by atoms with E-state index in [9.17, 15) is 14.4 Å². The molecule has 0 atom stereocenters. The van der Waals surface area contributed by atoms with Gasteiger partial charge in [-0.3, -0.25) is 19.8 Å². The van der Waals surface area contributed by atoms with Gasteiger partial charge in [0.2, 0.25) is 0 Å². The van der Waals surface area contributed by atoms with Crippen molar-refractivity contribution in [3.05, 3.63) is 98.6 Å². The number of benzene rings is 3. The lowest BCUT2D eigenvalue weighted by atomic mass is 10.1. The average Bonchev–Trinajstić information content (AvgIpc) is 2.82. The lowest BCUT2D eigenvalue weighted by Gasteiger charge is -2.28. The molecule has 1 fully saturated rings. The summed E-state index contributed by atoms with van der Waals surface area (Å²) < 4.78 is 6.64. The summed E-state index contributed by atoms with van der Waals surface area (Å²) >= 11 is 7.32. The Hall–Kier alpha value is -3.57. The molecule has 2 N–H and O–H groups in total. The van der Waals surface area contributed by atoms with Crippen molar-refractivity contribution in [2.24, 2.45) is 0 Å². The fraction of sp³-hybridized carbons (Fsp3) is 0.0400. The third-order valence-corrected chi connectivity index (χ3v) is 6.11. The Morgan fingerprint density at radius 2 is 1.76 bits per heavy atom. The van der Waals surface area contributed by atoms with Gasteiger partial charge in [-0.25, -0.2) is 4.79 Å². The van der Waals surface area contributed by atoms with Gasteiger partial charge in [-0.2, -0.15) is 0 Å². The molecule has 0 aromatic heterocycles. The van der Waals surface area contributed by atoms with Gasteiger partial charge in [0.15, 0.2) is 5.11 Å². The highest BCUT2D eigenvalue weighted by Crippen LogP contribution is 2.26. The second kappa shape index (κ2) is 10.1. The van der Waals surface area contributed by atoms with E-state index in [1.807, 2.05) is 6.07 Å². The first-order valence-corrected chi connectivity index (χ1v) is 11.5. The first-order chi connectivity index (χ1) is 16.3. The molecule has 0 bridgehead atoms. The van der Waals surface area contributed by atoms with Crippen molar-refractivity contribution in [1.29, 1.82) is 0 Å². The molecule has 34 heavy (non-hydrogen) atoms. The molecule has 0 unspecified atom stereocenters. The van der Waals surface area contributed by atoms with Gasteiger partial charge >= 0.3 is 5.97 Å². The zero-order chi connectivity index (χ0) is 24.2. The molecule has 1 aliphatic rings. The summed E-state index contributed by atoms with van der Waals surface area (Å²) in [5, 5.41) is 11.6. The number of nitrogens with one attached hydrogen (secondary N) is 1. The van der Waals surface area contributed by atoms with Crippen molar-refractivity contribution in [3.8, 4) is 5.75 Å². The van der Waals surface area contributed by atoms with Gasteiger partial charge in [0, 0.05) is 0 Å². The number of hydrogen-bond acceptors (Lipinski definition) is 5. The van der Waals surface area contributed by atoms with Gasteiger partial charge in [-0.1, -0.05) is 36.4 Å². The number of thiocarbonyl (C=S) groups is 1. The molecule has 0 radical (unpaired) electrons. The predicted octanol–water partition coefficient (Wildman–Crippen LogP) is 4.40. The van der Waals surface area contributed by atoms with Gasteiger partial charge < -0.3 is 9.84 Å². The normalized spacial score (nSPS) is 14.8. The number of para-hydroxylation sites is 1. The van der Waals surface area contributed by atoms with Crippen LogP contribution in [0.25, 0.3) is 6.08 Å². The Kier molecular flexibility index (Phi) is 7.03. The Labute approximate surface area is 214 Å². The predicted molar refractivity (Wildman–Crippen MR) is 140 cm³/mol. The van der Waals surface area contributed by atoms with Gasteiger partial charge in [-0.15, -0.1) is 0 Å². The van der Waals surface area contributed by atoms with Crippen LogP contribution >= 0.6 is 34.8 Å². The van der Waals surface area contributed by atoms with Crippen LogP contribution in [0.3, 0.4) is 0 Å². The Balaban J connectivity index is 1.52. The van der Waals surface area contributed by atoms with Crippen LogP contribution in [0.4, 0.5) is 5.69 Å². The van der Waals surface area contributed by atoms with Crippen molar-refractivity contribution < 1.29 is 24.2 Å². The summed E-state index contributed by atoms with van der Waals surface area (Å²) in [5.41, 5.74) is 2.23. The second-order valence-electron chi connectivity index (χ2n) is 7.27. The molecule has 0 aliphatic carbocycles. The van der Waals surface area contributed by atoms with Crippen molar-refractivity contribution >= 4 is 69.5 Å². The number of amides is 2. The van der Waals surface area contributed by atoms with Crippen molar-refractivity contribution in [3.63, 3.8) is 0 Å². The zero-order valence-corrected chi connectivity index (χ0v) is 20.5. The molecule has 2 amide bonds. The number of rotatable bonds is 6. The summed E-state index contributed by atoms with van der Waals surface area (Å²) in [6.45, 7) is 0.265. The first kappa shape index (κ1) is 23.6. The third-order valence-electron chi connectivity index (χ3n) is 4.98. The number of carboxylic acid groups (broad SMARTS) is 1. The summed E-state index contributed by atoms with van der Waals surface area (Å²) in [7, 11) is 0. The number of carboxylic acids is 1. The molecule has 1 aliphatic heterocycles. The van der Waals surface area contributed by atoms with Gasteiger partial charge in [0.25, 0.3) is 11.8 Å². The summed E-state index contributed by atoms with van der Waals surface area (Å²) in [4.78, 5) is 37.8. The van der Waals surface area contributed by atoms with E-state index in [4.69, 9.17) is 22.1 Å². The summed E-state index contributed by atoms with van der Waals surface area (Å²) in [5.74, 6) is -1.41. The molecule has 9 heteroatoms. The lowest BCUT2D eigenvalue weighted by molar-refractivity contribution is -0.122. The highest BCUT2D eigenvalue weighted by Gasteiger charge is 2.34. The number of carbonyl (C=O) groups is 3. The maximum absolute atomic E-state index is 13.1. The quantitative estimate of drug-likeness (QED) is 0.193. The Bertz CT molecular complexity index is 1320. The van der Waals surface area contributed by atoms with E-state index in [2.05, 4.69) is 27.9 Å². The molecule has 0 spiro atoms. The van der Waals surface area contributed by atoms with E-state index in [-0.39, 0.29) is 22.9 Å². The van der Waals surface area contributed by atoms with Gasteiger partial charge in [-0.05, 0) is 88.4 Å². The number of carbonyl (C=O) groups excluding carboxylic acids is 2. The molecular weight excluding hydrogens is 567 g/mol. The molecule has 0 saturated carbocycles. The SMILES string of the molecule is O=C1NC(=S)N(c2ccccc2)C(=O)/C1=C/c1ccc(OCc2ccc(C(=O)O)cc2)c(I)c1. The first-order valence-electron chi connectivity index (χ1n) is 10.0. The van der Waals surface area contributed by atoms with Crippen LogP contribution in [-0.4, -0.2) is 28.0 Å². The van der Waals surface area contributed by atoms with Crippen molar-refractivity contribution in [2.75, 3.05) is 4.90 Å². The largest absolute Gasteiger partial charge is 0.488 e. The van der Waals surface area contributed by atoms with Crippen LogP contribution in [0, 0.1) is 3.57 Å². The average molecular weight is 584 g/mol. The lowest BCUT2D eigenvalue weighted by Crippen LogP contribution is -2.54. The Morgan fingerprint density at radius 3 is 2.41 bits per heavy atom. The minimum Gasteiger partial charge on any atom is -0.488 e. The van der Waals surface area contributed by atoms with Crippen LogP contribution in [0.5, 0.6) is 5.75 Å². The number of hydrogen-bond donors (Lipinski definition) is 2. The monoisotopic (exact) mass is 584 g/mol. The van der Waals surface area contributed by atoms with E-state index in [0.717, 1.165) is 9.13 Å². The molecular formula is C25H17IN2O5S. The highest BCUT2D eigenvalue weighted by atomic mass is 127. The standard InChI is InChI=1S/C25H17IN2O5S/c26-20-13-16(8-11-21(20)33-14-15-6-9-17(10-7-15)24(31)32)12-19-22(29)27-25(34)28(23(19)30)18-4-2-1-3-5-18/h1-13H,14H2,(H,31,32)(H,27,29,34)/b19-12+. The fourth-order valence-electron chi connectivity index (χ4n) is 3.26. The second-order valence-corrected chi connectivity index (χ2v) is 8.82. The van der Waals surface area contributed by atoms with E-state index < -0.39 is 17.8 Å². The number of nitrogens with zero attached hydrogens (tertiary/aromatic N) is 1. The van der Waals surface area contributed by atoms with E-state index in [1.165, 1.54) is 23.1 Å².